The van der Waals surface area contributed by atoms with Crippen molar-refractivity contribution in [2.24, 2.45) is 0 Å². The third kappa shape index (κ3) is 3.05. The third-order valence-electron chi connectivity index (χ3n) is 2.69. The molecule has 2 rings (SSSR count). The summed E-state index contributed by atoms with van der Waals surface area (Å²) < 4.78 is 5.44. The van der Waals surface area contributed by atoms with Gasteiger partial charge < -0.3 is 15.3 Å². The van der Waals surface area contributed by atoms with E-state index in [2.05, 4.69) is 4.98 Å². The second-order valence-corrected chi connectivity index (χ2v) is 5.09. The summed E-state index contributed by atoms with van der Waals surface area (Å²) in [6.07, 6.45) is -0.553. The van der Waals surface area contributed by atoms with Crippen LogP contribution >= 0.6 is 11.8 Å². The molecule has 1 atom stereocenters. The molecule has 96 valence electrons. The fraction of sp³-hybridized carbons (Fsp3) is 0.308. The van der Waals surface area contributed by atoms with Crippen LogP contribution in [-0.2, 0) is 0 Å². The van der Waals surface area contributed by atoms with Crippen molar-refractivity contribution in [1.82, 2.24) is 4.98 Å². The summed E-state index contributed by atoms with van der Waals surface area (Å²) in [5, 5.41) is 10.6. The topological polar surface area (TPSA) is 72.3 Å². The Morgan fingerprint density at radius 1 is 1.33 bits per heavy atom. The molecule has 0 aliphatic heterocycles. The van der Waals surface area contributed by atoms with E-state index in [4.69, 9.17) is 10.2 Å². The van der Waals surface area contributed by atoms with Crippen molar-refractivity contribution < 1.29 is 9.52 Å². The summed E-state index contributed by atoms with van der Waals surface area (Å²) in [6.45, 7) is 3.78. The molecule has 1 aromatic carbocycles. The highest BCUT2D eigenvalue weighted by molar-refractivity contribution is 7.99. The van der Waals surface area contributed by atoms with Crippen LogP contribution in [-0.4, -0.2) is 15.8 Å². The second-order valence-electron chi connectivity index (χ2n) is 4.11. The van der Waals surface area contributed by atoms with Gasteiger partial charge in [0.05, 0.1) is 11.8 Å². The van der Waals surface area contributed by atoms with Gasteiger partial charge in [-0.15, -0.1) is 0 Å². The largest absolute Gasteiger partial charge is 0.437 e. The normalized spacial score (nSPS) is 12.6. The first-order chi connectivity index (χ1) is 8.56. The molecular weight excluding hydrogens is 248 g/mol. The molecule has 5 heteroatoms. The summed E-state index contributed by atoms with van der Waals surface area (Å²) in [5.41, 5.74) is 8.02. The van der Waals surface area contributed by atoms with Crippen LogP contribution < -0.4 is 5.73 Å². The molecule has 4 nitrogen and oxygen atoms in total. The zero-order chi connectivity index (χ0) is 13.1. The number of aliphatic hydroxyl groups is 1. The van der Waals surface area contributed by atoms with Crippen LogP contribution in [0.4, 0.5) is 5.69 Å². The fourth-order valence-electron chi connectivity index (χ4n) is 1.47. The van der Waals surface area contributed by atoms with Crippen molar-refractivity contribution in [2.45, 2.75) is 25.2 Å². The van der Waals surface area contributed by atoms with Gasteiger partial charge in [0, 0.05) is 11.4 Å². The lowest BCUT2D eigenvalue weighted by molar-refractivity contribution is 0.203. The van der Waals surface area contributed by atoms with Gasteiger partial charge in [0.15, 0.2) is 0 Å². The van der Waals surface area contributed by atoms with E-state index in [-0.39, 0.29) is 0 Å². The highest BCUT2D eigenvalue weighted by Crippen LogP contribution is 2.25. The van der Waals surface area contributed by atoms with E-state index in [9.17, 15) is 5.11 Å². The number of anilines is 1. The van der Waals surface area contributed by atoms with E-state index in [1.807, 2.05) is 26.0 Å². The molecule has 0 spiro atoms. The predicted molar refractivity (Wildman–Crippen MR) is 72.5 cm³/mol. The molecule has 2 aromatic rings. The highest BCUT2D eigenvalue weighted by atomic mass is 32.2. The number of oxazole rings is 1. The van der Waals surface area contributed by atoms with Gasteiger partial charge in [0.2, 0.25) is 0 Å². The number of nitrogens with zero attached hydrogens (tertiary/aromatic N) is 1. The Morgan fingerprint density at radius 2 is 2.00 bits per heavy atom. The monoisotopic (exact) mass is 264 g/mol. The number of hydrogen-bond donors (Lipinski definition) is 2. The molecule has 1 heterocycles. The van der Waals surface area contributed by atoms with Crippen LogP contribution in [0.1, 0.15) is 23.1 Å². The first kappa shape index (κ1) is 13.0. The minimum atomic E-state index is -0.553. The van der Waals surface area contributed by atoms with Crippen molar-refractivity contribution in [1.29, 1.82) is 0 Å². The van der Waals surface area contributed by atoms with E-state index in [1.165, 1.54) is 11.8 Å². The Bertz CT molecular complexity index is 503. The molecule has 0 aliphatic carbocycles. The first-order valence-corrected chi connectivity index (χ1v) is 6.65. The molecular formula is C13H16N2O2S. The first-order valence-electron chi connectivity index (χ1n) is 5.66. The second kappa shape index (κ2) is 5.46. The lowest BCUT2D eigenvalue weighted by Gasteiger charge is -2.09. The van der Waals surface area contributed by atoms with Crippen LogP contribution in [0.15, 0.2) is 33.9 Å². The number of aryl methyl sites for hydroxylation is 2. The lowest BCUT2D eigenvalue weighted by Crippen LogP contribution is -2.00. The zero-order valence-corrected chi connectivity index (χ0v) is 11.2. The maximum absolute atomic E-state index is 10.0. The van der Waals surface area contributed by atoms with Crippen LogP contribution in [0.25, 0.3) is 0 Å². The molecule has 0 fully saturated rings. The van der Waals surface area contributed by atoms with Crippen molar-refractivity contribution in [2.75, 3.05) is 11.5 Å². The number of aromatic nitrogens is 1. The molecule has 1 unspecified atom stereocenters. The summed E-state index contributed by atoms with van der Waals surface area (Å²) in [5.74, 6) is 1.32. The van der Waals surface area contributed by atoms with Crippen LogP contribution in [0.5, 0.6) is 0 Å². The maximum atomic E-state index is 10.0. The van der Waals surface area contributed by atoms with Crippen molar-refractivity contribution in [3.05, 3.63) is 41.3 Å². The van der Waals surface area contributed by atoms with Gasteiger partial charge in [0.25, 0.3) is 5.22 Å². The Hall–Kier alpha value is -1.46. The van der Waals surface area contributed by atoms with Gasteiger partial charge >= 0.3 is 0 Å². The number of nitrogens with two attached hydrogens (primary N) is 1. The number of benzene rings is 1. The van der Waals surface area contributed by atoms with E-state index in [0.29, 0.717) is 16.7 Å². The van der Waals surface area contributed by atoms with E-state index in [1.54, 1.807) is 12.1 Å². The Balaban J connectivity index is 1.95. The van der Waals surface area contributed by atoms with Gasteiger partial charge in [-0.2, -0.15) is 0 Å². The highest BCUT2D eigenvalue weighted by Gasteiger charge is 2.11. The quantitative estimate of drug-likeness (QED) is 0.656. The predicted octanol–water partition coefficient (Wildman–Crippen LogP) is 2.70. The molecule has 0 saturated carbocycles. The van der Waals surface area contributed by atoms with Gasteiger partial charge in [-0.05, 0) is 31.5 Å². The number of rotatable bonds is 4. The van der Waals surface area contributed by atoms with Gasteiger partial charge in [-0.25, -0.2) is 4.98 Å². The molecule has 1 aromatic heterocycles. The lowest BCUT2D eigenvalue weighted by atomic mass is 10.1. The molecule has 18 heavy (non-hydrogen) atoms. The molecule has 3 N–H and O–H groups in total. The minimum absolute atomic E-state index is 0.503. The standard InChI is InChI=1S/C13H16N2O2S/c1-8-9(2)17-13(15-8)18-7-12(16)10-3-5-11(14)6-4-10/h3-6,12,16H,7,14H2,1-2H3. The average Bonchev–Trinajstić information content (AvgIpc) is 2.67. The maximum Gasteiger partial charge on any atom is 0.256 e. The summed E-state index contributed by atoms with van der Waals surface area (Å²) in [6, 6.07) is 7.21. The Kier molecular flexibility index (Phi) is 3.93. The molecule has 0 aliphatic rings. The van der Waals surface area contributed by atoms with Crippen LogP contribution in [0, 0.1) is 13.8 Å². The number of thioether (sulfide) groups is 1. The van der Waals surface area contributed by atoms with Gasteiger partial charge in [-0.1, -0.05) is 23.9 Å². The summed E-state index contributed by atoms with van der Waals surface area (Å²) in [4.78, 5) is 4.26. The molecule has 0 saturated heterocycles. The molecule has 0 radical (unpaired) electrons. The van der Waals surface area contributed by atoms with Crippen LogP contribution in [0.2, 0.25) is 0 Å². The number of nitrogen functional groups attached to an aromatic ring is 1. The molecule has 0 bridgehead atoms. The SMILES string of the molecule is Cc1nc(SCC(O)c2ccc(N)cc2)oc1C. The van der Waals surface area contributed by atoms with Crippen LogP contribution in [0.3, 0.4) is 0 Å². The van der Waals surface area contributed by atoms with Gasteiger partial charge in [0.1, 0.15) is 5.76 Å². The Labute approximate surface area is 110 Å². The fourth-order valence-corrected chi connectivity index (χ4v) is 2.35. The number of hydrogen-bond acceptors (Lipinski definition) is 5. The van der Waals surface area contributed by atoms with E-state index < -0.39 is 6.10 Å². The molecule has 0 amide bonds. The average molecular weight is 264 g/mol. The Morgan fingerprint density at radius 3 is 2.56 bits per heavy atom. The van der Waals surface area contributed by atoms with Crippen molar-refractivity contribution >= 4 is 17.4 Å². The van der Waals surface area contributed by atoms with E-state index >= 15 is 0 Å². The summed E-state index contributed by atoms with van der Waals surface area (Å²) >= 11 is 1.40. The van der Waals surface area contributed by atoms with E-state index in [0.717, 1.165) is 17.0 Å². The zero-order valence-electron chi connectivity index (χ0n) is 10.4. The summed E-state index contributed by atoms with van der Waals surface area (Å²) in [7, 11) is 0. The van der Waals surface area contributed by atoms with Crippen molar-refractivity contribution in [3.63, 3.8) is 0 Å². The van der Waals surface area contributed by atoms with Gasteiger partial charge in [-0.3, -0.25) is 0 Å². The minimum Gasteiger partial charge on any atom is -0.437 e. The van der Waals surface area contributed by atoms with Crippen molar-refractivity contribution in [3.8, 4) is 0 Å². The third-order valence-corrected chi connectivity index (χ3v) is 3.60. The number of aliphatic hydroxyl groups excluding tert-OH is 1. The smallest absolute Gasteiger partial charge is 0.256 e.